The number of hydrogen-bond acceptors (Lipinski definition) is 2. The summed E-state index contributed by atoms with van der Waals surface area (Å²) in [5, 5.41) is 14.2. The number of hydrogen-bond donors (Lipinski definition) is 2. The number of amides is 2. The van der Waals surface area contributed by atoms with Gasteiger partial charge in [0, 0.05) is 18.3 Å². The van der Waals surface area contributed by atoms with Crippen molar-refractivity contribution in [1.82, 2.24) is 4.90 Å². The van der Waals surface area contributed by atoms with Crippen LogP contribution in [0.4, 0.5) is 10.5 Å². The van der Waals surface area contributed by atoms with Crippen molar-refractivity contribution >= 4 is 22.5 Å². The van der Waals surface area contributed by atoms with Gasteiger partial charge in [0.15, 0.2) is 0 Å². The third kappa shape index (κ3) is 2.75. The summed E-state index contributed by atoms with van der Waals surface area (Å²) in [7, 11) is 0. The molecule has 1 saturated carbocycles. The monoisotopic (exact) mass is 270 g/mol. The lowest BCUT2D eigenvalue weighted by molar-refractivity contribution is 0.185. The van der Waals surface area contributed by atoms with E-state index in [2.05, 4.69) is 5.32 Å². The van der Waals surface area contributed by atoms with Crippen molar-refractivity contribution in [3.63, 3.8) is 0 Å². The molecule has 2 amide bonds. The molecule has 0 unspecified atom stereocenters. The standard InChI is InChI=1S/C16H18N2O2/c19-10-9-18(15-7-8-15)16(20)17-14-6-5-12-3-1-2-4-13(12)11-14/h1-6,11,15,19H,7-10H2,(H,17,20). The zero-order valence-electron chi connectivity index (χ0n) is 11.2. The summed E-state index contributed by atoms with van der Waals surface area (Å²) >= 11 is 0. The highest BCUT2D eigenvalue weighted by Gasteiger charge is 2.32. The number of benzene rings is 2. The molecule has 1 aliphatic carbocycles. The van der Waals surface area contributed by atoms with Crippen molar-refractivity contribution in [3.8, 4) is 0 Å². The second kappa shape index (κ2) is 5.51. The predicted molar refractivity (Wildman–Crippen MR) is 79.8 cm³/mol. The number of aliphatic hydroxyl groups excluding tert-OH is 1. The lowest BCUT2D eigenvalue weighted by Crippen LogP contribution is -2.38. The molecule has 2 N–H and O–H groups in total. The SMILES string of the molecule is O=C(Nc1ccc2ccccc2c1)N(CCO)C1CC1. The van der Waals surface area contributed by atoms with Gasteiger partial charge in [0.1, 0.15) is 0 Å². The molecule has 20 heavy (non-hydrogen) atoms. The molecular weight excluding hydrogens is 252 g/mol. The second-order valence-corrected chi connectivity index (χ2v) is 5.14. The van der Waals surface area contributed by atoms with Crippen LogP contribution < -0.4 is 5.32 Å². The predicted octanol–water partition coefficient (Wildman–Crippen LogP) is 2.83. The van der Waals surface area contributed by atoms with Gasteiger partial charge in [-0.1, -0.05) is 30.3 Å². The van der Waals surface area contributed by atoms with Gasteiger partial charge in [0.2, 0.25) is 0 Å². The van der Waals surface area contributed by atoms with E-state index in [4.69, 9.17) is 5.11 Å². The van der Waals surface area contributed by atoms with E-state index in [9.17, 15) is 4.79 Å². The third-order valence-electron chi connectivity index (χ3n) is 3.59. The molecule has 1 fully saturated rings. The Morgan fingerprint density at radius 2 is 1.95 bits per heavy atom. The van der Waals surface area contributed by atoms with Crippen LogP contribution in [0, 0.1) is 0 Å². The minimum atomic E-state index is -0.128. The number of aliphatic hydroxyl groups is 1. The maximum atomic E-state index is 12.2. The van der Waals surface area contributed by atoms with E-state index in [0.717, 1.165) is 29.3 Å². The number of anilines is 1. The summed E-state index contributed by atoms with van der Waals surface area (Å²) in [5.41, 5.74) is 0.789. The Bertz CT molecular complexity index is 623. The van der Waals surface area contributed by atoms with Gasteiger partial charge in [-0.3, -0.25) is 0 Å². The number of carbonyl (C=O) groups excluding carboxylic acids is 1. The van der Waals surface area contributed by atoms with Crippen molar-refractivity contribution in [2.24, 2.45) is 0 Å². The van der Waals surface area contributed by atoms with E-state index in [0.29, 0.717) is 12.6 Å². The van der Waals surface area contributed by atoms with Crippen molar-refractivity contribution < 1.29 is 9.90 Å². The number of nitrogens with one attached hydrogen (secondary N) is 1. The van der Waals surface area contributed by atoms with Gasteiger partial charge in [-0.05, 0) is 35.7 Å². The molecule has 3 rings (SSSR count). The maximum Gasteiger partial charge on any atom is 0.322 e. The molecule has 4 heteroatoms. The average molecular weight is 270 g/mol. The topological polar surface area (TPSA) is 52.6 Å². The highest BCUT2D eigenvalue weighted by atomic mass is 16.3. The molecule has 0 atom stereocenters. The molecule has 0 aliphatic heterocycles. The minimum absolute atomic E-state index is 0.00163. The van der Waals surface area contributed by atoms with E-state index < -0.39 is 0 Å². The Balaban J connectivity index is 1.76. The number of urea groups is 1. The molecule has 2 aromatic rings. The first kappa shape index (κ1) is 12.9. The molecule has 0 aromatic heterocycles. The van der Waals surface area contributed by atoms with Gasteiger partial charge in [0.05, 0.1) is 6.61 Å². The highest BCUT2D eigenvalue weighted by molar-refractivity contribution is 5.93. The van der Waals surface area contributed by atoms with Crippen LogP contribution in [0.1, 0.15) is 12.8 Å². The number of fused-ring (bicyclic) bond motifs is 1. The first-order valence-corrected chi connectivity index (χ1v) is 6.95. The fourth-order valence-electron chi connectivity index (χ4n) is 2.41. The van der Waals surface area contributed by atoms with E-state index in [1.54, 1.807) is 4.90 Å². The summed E-state index contributed by atoms with van der Waals surface area (Å²) in [4.78, 5) is 13.9. The van der Waals surface area contributed by atoms with Crippen LogP contribution in [0.25, 0.3) is 10.8 Å². The van der Waals surface area contributed by atoms with Crippen LogP contribution in [0.3, 0.4) is 0 Å². The first-order chi connectivity index (χ1) is 9.78. The smallest absolute Gasteiger partial charge is 0.322 e. The summed E-state index contributed by atoms with van der Waals surface area (Å²) in [6, 6.07) is 14.1. The van der Waals surface area contributed by atoms with Gasteiger partial charge >= 0.3 is 6.03 Å². The highest BCUT2D eigenvalue weighted by Crippen LogP contribution is 2.27. The summed E-state index contributed by atoms with van der Waals surface area (Å²) in [6.07, 6.45) is 2.07. The van der Waals surface area contributed by atoms with E-state index in [-0.39, 0.29) is 12.6 Å². The Morgan fingerprint density at radius 3 is 2.65 bits per heavy atom. The molecule has 4 nitrogen and oxygen atoms in total. The maximum absolute atomic E-state index is 12.2. The van der Waals surface area contributed by atoms with Gasteiger partial charge in [-0.25, -0.2) is 4.79 Å². The van der Waals surface area contributed by atoms with Crippen LogP contribution in [-0.2, 0) is 0 Å². The van der Waals surface area contributed by atoms with Gasteiger partial charge in [0.25, 0.3) is 0 Å². The molecular formula is C16H18N2O2. The van der Waals surface area contributed by atoms with E-state index >= 15 is 0 Å². The summed E-state index contributed by atoms with van der Waals surface area (Å²) in [5.74, 6) is 0. The van der Waals surface area contributed by atoms with Crippen LogP contribution in [-0.4, -0.2) is 35.2 Å². The van der Waals surface area contributed by atoms with Gasteiger partial charge < -0.3 is 15.3 Å². The fraction of sp³-hybridized carbons (Fsp3) is 0.312. The van der Waals surface area contributed by atoms with Crippen LogP contribution in [0.2, 0.25) is 0 Å². The Hall–Kier alpha value is -2.07. The summed E-state index contributed by atoms with van der Waals surface area (Å²) in [6.45, 7) is 0.395. The zero-order chi connectivity index (χ0) is 13.9. The Kier molecular flexibility index (Phi) is 3.56. The van der Waals surface area contributed by atoms with E-state index in [1.165, 1.54) is 0 Å². The fourth-order valence-corrected chi connectivity index (χ4v) is 2.41. The second-order valence-electron chi connectivity index (χ2n) is 5.14. The molecule has 0 bridgehead atoms. The van der Waals surface area contributed by atoms with Crippen molar-refractivity contribution in [2.45, 2.75) is 18.9 Å². The minimum Gasteiger partial charge on any atom is -0.395 e. The van der Waals surface area contributed by atoms with E-state index in [1.807, 2.05) is 42.5 Å². The van der Waals surface area contributed by atoms with Gasteiger partial charge in [-0.2, -0.15) is 0 Å². The average Bonchev–Trinajstić information content (AvgIpc) is 3.29. The molecule has 104 valence electrons. The molecule has 0 spiro atoms. The third-order valence-corrected chi connectivity index (χ3v) is 3.59. The zero-order valence-corrected chi connectivity index (χ0v) is 11.2. The van der Waals surface area contributed by atoms with Crippen molar-refractivity contribution in [2.75, 3.05) is 18.5 Å². The molecule has 0 heterocycles. The Labute approximate surface area is 118 Å². The molecule has 0 saturated heterocycles. The number of nitrogens with zero attached hydrogens (tertiary/aromatic N) is 1. The lowest BCUT2D eigenvalue weighted by Gasteiger charge is -2.21. The summed E-state index contributed by atoms with van der Waals surface area (Å²) < 4.78 is 0. The molecule has 0 radical (unpaired) electrons. The van der Waals surface area contributed by atoms with Crippen molar-refractivity contribution in [3.05, 3.63) is 42.5 Å². The Morgan fingerprint density at radius 1 is 1.20 bits per heavy atom. The quantitative estimate of drug-likeness (QED) is 0.897. The van der Waals surface area contributed by atoms with Crippen LogP contribution >= 0.6 is 0 Å². The molecule has 2 aromatic carbocycles. The lowest BCUT2D eigenvalue weighted by atomic mass is 10.1. The van der Waals surface area contributed by atoms with Crippen LogP contribution in [0.15, 0.2) is 42.5 Å². The number of rotatable bonds is 4. The largest absolute Gasteiger partial charge is 0.395 e. The normalized spacial score (nSPS) is 14.2. The molecule has 1 aliphatic rings. The van der Waals surface area contributed by atoms with Crippen molar-refractivity contribution in [1.29, 1.82) is 0 Å². The number of carbonyl (C=O) groups is 1. The first-order valence-electron chi connectivity index (χ1n) is 6.95. The van der Waals surface area contributed by atoms with Gasteiger partial charge in [-0.15, -0.1) is 0 Å². The van der Waals surface area contributed by atoms with Crippen LogP contribution in [0.5, 0.6) is 0 Å².